The summed E-state index contributed by atoms with van der Waals surface area (Å²) in [7, 11) is 1.68. The van der Waals surface area contributed by atoms with E-state index in [-0.39, 0.29) is 28.0 Å². The molecule has 12 heteroatoms. The molecular weight excluding hydrogens is 427 g/mol. The number of benzene rings is 1. The maximum Gasteiger partial charge on any atom is 0.346 e. The van der Waals surface area contributed by atoms with Gasteiger partial charge in [0.05, 0.1) is 27.8 Å². The van der Waals surface area contributed by atoms with Gasteiger partial charge in [-0.05, 0) is 35.7 Å². The van der Waals surface area contributed by atoms with E-state index < -0.39 is 5.97 Å². The number of tetrazole rings is 1. The summed E-state index contributed by atoms with van der Waals surface area (Å²) in [5.41, 5.74) is 0.857. The lowest BCUT2D eigenvalue weighted by molar-refractivity contribution is 0.0720. The van der Waals surface area contributed by atoms with Crippen molar-refractivity contribution in [1.82, 2.24) is 30.0 Å². The number of carbonyl (C=O) groups is 1. The SMILES string of the molecule is CSc1nnnn1CCOc1c(Cl)ccc(C(=O)Oc2cc(C)nn2C)c1Cl. The first-order chi connectivity index (χ1) is 13.4. The number of ether oxygens (including phenoxy) is 2. The predicted octanol–water partition coefficient (Wildman–Crippen LogP) is 3.04. The highest BCUT2D eigenvalue weighted by Gasteiger charge is 2.20. The van der Waals surface area contributed by atoms with Crippen LogP contribution in [0, 0.1) is 6.92 Å². The molecule has 0 unspecified atom stereocenters. The van der Waals surface area contributed by atoms with E-state index in [9.17, 15) is 4.79 Å². The normalized spacial score (nSPS) is 10.9. The van der Waals surface area contributed by atoms with Gasteiger partial charge in [0.2, 0.25) is 11.0 Å². The molecule has 9 nitrogen and oxygen atoms in total. The third-order valence-corrected chi connectivity index (χ3v) is 4.99. The summed E-state index contributed by atoms with van der Waals surface area (Å²) in [5, 5.41) is 16.5. The Morgan fingerprint density at radius 2 is 2.11 bits per heavy atom. The molecule has 0 spiro atoms. The summed E-state index contributed by atoms with van der Waals surface area (Å²) in [6.07, 6.45) is 1.87. The number of nitrogens with zero attached hydrogens (tertiary/aromatic N) is 6. The topological polar surface area (TPSA) is 97.0 Å². The van der Waals surface area contributed by atoms with Gasteiger partial charge in [-0.1, -0.05) is 35.0 Å². The lowest BCUT2D eigenvalue weighted by Crippen LogP contribution is -2.14. The predicted molar refractivity (Wildman–Crippen MR) is 104 cm³/mol. The van der Waals surface area contributed by atoms with E-state index in [1.54, 1.807) is 24.7 Å². The van der Waals surface area contributed by atoms with Crippen LogP contribution >= 0.6 is 35.0 Å². The first-order valence-corrected chi connectivity index (χ1v) is 10.0. The highest BCUT2D eigenvalue weighted by molar-refractivity contribution is 7.98. The Kier molecular flexibility index (Phi) is 6.42. The highest BCUT2D eigenvalue weighted by atomic mass is 35.5. The molecule has 0 fully saturated rings. The van der Waals surface area contributed by atoms with Gasteiger partial charge in [-0.2, -0.15) is 5.10 Å². The minimum absolute atomic E-state index is 0.0678. The van der Waals surface area contributed by atoms with Gasteiger partial charge in [-0.15, -0.1) is 5.10 Å². The molecule has 0 saturated heterocycles. The summed E-state index contributed by atoms with van der Waals surface area (Å²) >= 11 is 14.0. The number of aryl methyl sites for hydroxylation is 2. The summed E-state index contributed by atoms with van der Waals surface area (Å²) < 4.78 is 14.1. The van der Waals surface area contributed by atoms with Crippen molar-refractivity contribution in [2.45, 2.75) is 18.6 Å². The van der Waals surface area contributed by atoms with Gasteiger partial charge in [0, 0.05) is 13.1 Å². The summed E-state index contributed by atoms with van der Waals surface area (Å²) in [6.45, 7) is 2.39. The second kappa shape index (κ2) is 8.80. The van der Waals surface area contributed by atoms with Crippen LogP contribution in [0.25, 0.3) is 0 Å². The Bertz CT molecular complexity index is 1010. The average molecular weight is 443 g/mol. The number of thioether (sulfide) groups is 1. The largest absolute Gasteiger partial charge is 0.488 e. The zero-order valence-electron chi connectivity index (χ0n) is 15.2. The fourth-order valence-electron chi connectivity index (χ4n) is 2.37. The van der Waals surface area contributed by atoms with Crippen molar-refractivity contribution in [3.05, 3.63) is 39.5 Å². The fourth-order valence-corrected chi connectivity index (χ4v) is 3.39. The Morgan fingerprint density at radius 1 is 1.32 bits per heavy atom. The highest BCUT2D eigenvalue weighted by Crippen LogP contribution is 2.36. The molecule has 0 amide bonds. The summed E-state index contributed by atoms with van der Waals surface area (Å²) in [5.74, 6) is -0.142. The van der Waals surface area contributed by atoms with Crippen molar-refractivity contribution in [3.63, 3.8) is 0 Å². The molecule has 0 aliphatic heterocycles. The van der Waals surface area contributed by atoms with Crippen molar-refractivity contribution < 1.29 is 14.3 Å². The number of hydrogen-bond donors (Lipinski definition) is 0. The molecule has 3 rings (SSSR count). The van der Waals surface area contributed by atoms with Crippen molar-refractivity contribution in [2.24, 2.45) is 7.05 Å². The minimum atomic E-state index is -0.639. The van der Waals surface area contributed by atoms with Crippen LogP contribution in [0.1, 0.15) is 16.1 Å². The molecule has 0 radical (unpaired) electrons. The Hall–Kier alpha value is -2.30. The van der Waals surface area contributed by atoms with E-state index in [4.69, 9.17) is 32.7 Å². The number of carbonyl (C=O) groups excluding carboxylic acids is 1. The van der Waals surface area contributed by atoms with Gasteiger partial charge in [0.1, 0.15) is 6.61 Å². The van der Waals surface area contributed by atoms with Crippen LogP contribution in [0.5, 0.6) is 11.6 Å². The van der Waals surface area contributed by atoms with Crippen molar-refractivity contribution in [2.75, 3.05) is 12.9 Å². The van der Waals surface area contributed by atoms with E-state index in [0.29, 0.717) is 17.6 Å². The molecule has 3 aromatic rings. The van der Waals surface area contributed by atoms with Gasteiger partial charge in [-0.25, -0.2) is 14.2 Å². The van der Waals surface area contributed by atoms with Crippen LogP contribution in [0.2, 0.25) is 10.0 Å². The molecular formula is C16H16Cl2N6O3S. The molecule has 0 aliphatic rings. The first kappa shape index (κ1) is 20.4. The van der Waals surface area contributed by atoms with Crippen molar-refractivity contribution in [3.8, 4) is 11.6 Å². The van der Waals surface area contributed by atoms with E-state index in [1.165, 1.54) is 28.6 Å². The van der Waals surface area contributed by atoms with Crippen LogP contribution in [0.3, 0.4) is 0 Å². The van der Waals surface area contributed by atoms with Crippen LogP contribution < -0.4 is 9.47 Å². The second-order valence-corrected chi connectivity index (χ2v) is 7.17. The maximum atomic E-state index is 12.5. The van der Waals surface area contributed by atoms with Gasteiger partial charge in [0.25, 0.3) is 0 Å². The molecule has 0 aliphatic carbocycles. The monoisotopic (exact) mass is 442 g/mol. The van der Waals surface area contributed by atoms with Gasteiger partial charge in [0.15, 0.2) is 5.75 Å². The molecule has 0 atom stereocenters. The van der Waals surface area contributed by atoms with Gasteiger partial charge >= 0.3 is 5.97 Å². The van der Waals surface area contributed by atoms with Gasteiger partial charge in [-0.3, -0.25) is 0 Å². The van der Waals surface area contributed by atoms with Crippen molar-refractivity contribution >= 4 is 40.9 Å². The standard InChI is InChI=1S/C16H16Cl2N6O3S/c1-9-8-12(23(2)20-9)27-15(25)10-4-5-11(17)14(13(10)18)26-7-6-24-16(28-3)19-21-22-24/h4-5,8H,6-7H2,1-3H3. The molecule has 28 heavy (non-hydrogen) atoms. The van der Waals surface area contributed by atoms with Crippen LogP contribution in [-0.4, -0.2) is 48.8 Å². The Morgan fingerprint density at radius 3 is 2.79 bits per heavy atom. The average Bonchev–Trinajstić information content (AvgIpc) is 3.23. The third kappa shape index (κ3) is 4.40. The molecule has 0 saturated carbocycles. The van der Waals surface area contributed by atoms with Crippen molar-refractivity contribution in [1.29, 1.82) is 0 Å². The Labute approximate surface area is 174 Å². The van der Waals surface area contributed by atoms with Crippen LogP contribution in [0.15, 0.2) is 23.4 Å². The number of esters is 1. The molecule has 1 aromatic carbocycles. The summed E-state index contributed by atoms with van der Waals surface area (Å²) in [6, 6.07) is 4.66. The second-order valence-electron chi connectivity index (χ2n) is 5.61. The van der Waals surface area contributed by atoms with E-state index in [0.717, 1.165) is 5.69 Å². The molecule has 2 aromatic heterocycles. The lowest BCUT2D eigenvalue weighted by Gasteiger charge is -2.13. The van der Waals surface area contributed by atoms with Crippen LogP contribution in [-0.2, 0) is 13.6 Å². The molecule has 0 bridgehead atoms. The van der Waals surface area contributed by atoms with E-state index in [1.807, 2.05) is 6.26 Å². The number of halogens is 2. The third-order valence-electron chi connectivity index (χ3n) is 3.66. The summed E-state index contributed by atoms with van der Waals surface area (Å²) in [4.78, 5) is 12.5. The molecule has 0 N–H and O–H groups in total. The smallest absolute Gasteiger partial charge is 0.346 e. The number of rotatable bonds is 7. The van der Waals surface area contributed by atoms with Crippen LogP contribution in [0.4, 0.5) is 0 Å². The zero-order chi connectivity index (χ0) is 20.3. The van der Waals surface area contributed by atoms with Gasteiger partial charge < -0.3 is 9.47 Å². The van der Waals surface area contributed by atoms with E-state index >= 15 is 0 Å². The fraction of sp³-hybridized carbons (Fsp3) is 0.312. The molecule has 2 heterocycles. The zero-order valence-corrected chi connectivity index (χ0v) is 17.5. The maximum absolute atomic E-state index is 12.5. The first-order valence-electron chi connectivity index (χ1n) is 8.04. The number of aromatic nitrogens is 6. The van der Waals surface area contributed by atoms with E-state index in [2.05, 4.69) is 20.6 Å². The Balaban J connectivity index is 1.74. The molecule has 148 valence electrons. The quantitative estimate of drug-likeness (QED) is 0.406. The number of hydrogen-bond acceptors (Lipinski definition) is 8. The lowest BCUT2D eigenvalue weighted by atomic mass is 10.2. The minimum Gasteiger partial charge on any atom is -0.488 e.